The standard InChI is InChI=1S/C8H13NO/c1-6-5-8(10-9-6)7-3-2-4-7/h7-8H,2-5H2,1H3. The van der Waals surface area contributed by atoms with Crippen molar-refractivity contribution in [2.75, 3.05) is 0 Å². The van der Waals surface area contributed by atoms with Gasteiger partial charge in [-0.15, -0.1) is 0 Å². The van der Waals surface area contributed by atoms with Crippen molar-refractivity contribution >= 4 is 5.71 Å². The van der Waals surface area contributed by atoms with E-state index in [0.717, 1.165) is 18.1 Å². The van der Waals surface area contributed by atoms with Gasteiger partial charge in [0.1, 0.15) is 6.10 Å². The maximum atomic E-state index is 5.26. The van der Waals surface area contributed by atoms with Gasteiger partial charge >= 0.3 is 0 Å². The first-order valence-corrected chi connectivity index (χ1v) is 4.05. The lowest BCUT2D eigenvalue weighted by molar-refractivity contribution is 0.0112. The third-order valence-corrected chi connectivity index (χ3v) is 2.52. The summed E-state index contributed by atoms with van der Waals surface area (Å²) in [6.07, 6.45) is 5.61. The predicted molar refractivity (Wildman–Crippen MR) is 39.9 cm³/mol. The normalized spacial score (nSPS) is 32.9. The molecule has 1 fully saturated rings. The van der Waals surface area contributed by atoms with Crippen LogP contribution in [0.1, 0.15) is 32.6 Å². The molecular weight excluding hydrogens is 126 g/mol. The summed E-state index contributed by atoms with van der Waals surface area (Å²) in [5.41, 5.74) is 1.16. The van der Waals surface area contributed by atoms with Crippen molar-refractivity contribution in [2.24, 2.45) is 11.1 Å². The molecule has 0 aromatic carbocycles. The van der Waals surface area contributed by atoms with Crippen molar-refractivity contribution in [1.82, 2.24) is 0 Å². The van der Waals surface area contributed by atoms with Crippen molar-refractivity contribution in [3.63, 3.8) is 0 Å². The van der Waals surface area contributed by atoms with Gasteiger partial charge in [0.05, 0.1) is 5.71 Å². The van der Waals surface area contributed by atoms with Crippen LogP contribution in [0.3, 0.4) is 0 Å². The highest BCUT2D eigenvalue weighted by atomic mass is 16.6. The SMILES string of the molecule is CC1=NOC(C2CCC2)C1. The molecular formula is C8H13NO. The van der Waals surface area contributed by atoms with E-state index in [-0.39, 0.29) is 0 Å². The Bertz CT molecular complexity index is 161. The summed E-state index contributed by atoms with van der Waals surface area (Å²) in [5, 5.41) is 3.94. The van der Waals surface area contributed by atoms with Gasteiger partial charge in [0.15, 0.2) is 0 Å². The van der Waals surface area contributed by atoms with E-state index >= 15 is 0 Å². The highest BCUT2D eigenvalue weighted by Gasteiger charge is 2.31. The van der Waals surface area contributed by atoms with Crippen molar-refractivity contribution in [3.05, 3.63) is 0 Å². The molecule has 1 aliphatic heterocycles. The molecule has 0 aromatic heterocycles. The molecule has 0 radical (unpaired) electrons. The smallest absolute Gasteiger partial charge is 0.135 e. The molecule has 0 saturated heterocycles. The Morgan fingerprint density at radius 3 is 2.70 bits per heavy atom. The Morgan fingerprint density at radius 1 is 1.50 bits per heavy atom. The van der Waals surface area contributed by atoms with Crippen molar-refractivity contribution in [2.45, 2.75) is 38.7 Å². The molecule has 1 aliphatic carbocycles. The number of hydrogen-bond donors (Lipinski definition) is 0. The molecule has 0 bridgehead atoms. The first-order valence-electron chi connectivity index (χ1n) is 4.05. The minimum Gasteiger partial charge on any atom is -0.392 e. The minimum atomic E-state index is 0.439. The zero-order chi connectivity index (χ0) is 6.97. The van der Waals surface area contributed by atoms with Crippen LogP contribution >= 0.6 is 0 Å². The first kappa shape index (κ1) is 6.20. The molecule has 2 aliphatic rings. The molecule has 1 saturated carbocycles. The summed E-state index contributed by atoms with van der Waals surface area (Å²) >= 11 is 0. The van der Waals surface area contributed by atoms with E-state index in [1.165, 1.54) is 19.3 Å². The maximum absolute atomic E-state index is 5.26. The minimum absolute atomic E-state index is 0.439. The van der Waals surface area contributed by atoms with Gasteiger partial charge in [0.2, 0.25) is 0 Å². The lowest BCUT2D eigenvalue weighted by Crippen LogP contribution is -2.26. The van der Waals surface area contributed by atoms with Gasteiger partial charge in [-0.3, -0.25) is 0 Å². The summed E-state index contributed by atoms with van der Waals surface area (Å²) in [6, 6.07) is 0. The largest absolute Gasteiger partial charge is 0.392 e. The molecule has 1 unspecified atom stereocenters. The van der Waals surface area contributed by atoms with Gasteiger partial charge in [-0.1, -0.05) is 11.6 Å². The van der Waals surface area contributed by atoms with E-state index in [4.69, 9.17) is 4.84 Å². The summed E-state index contributed by atoms with van der Waals surface area (Å²) in [4.78, 5) is 5.26. The van der Waals surface area contributed by atoms with Crippen molar-refractivity contribution in [1.29, 1.82) is 0 Å². The van der Waals surface area contributed by atoms with Gasteiger partial charge in [0.25, 0.3) is 0 Å². The van der Waals surface area contributed by atoms with Crippen LogP contribution in [-0.2, 0) is 4.84 Å². The van der Waals surface area contributed by atoms with Gasteiger partial charge < -0.3 is 4.84 Å². The molecule has 2 rings (SSSR count). The number of oxime groups is 1. The fourth-order valence-corrected chi connectivity index (χ4v) is 1.59. The zero-order valence-electron chi connectivity index (χ0n) is 6.34. The fourth-order valence-electron chi connectivity index (χ4n) is 1.59. The summed E-state index contributed by atoms with van der Waals surface area (Å²) in [5.74, 6) is 0.821. The highest BCUT2D eigenvalue weighted by Crippen LogP contribution is 2.34. The quantitative estimate of drug-likeness (QED) is 0.544. The Labute approximate surface area is 61.2 Å². The Morgan fingerprint density at radius 2 is 2.30 bits per heavy atom. The average Bonchev–Trinajstić information content (AvgIpc) is 2.10. The van der Waals surface area contributed by atoms with Crippen LogP contribution in [0, 0.1) is 5.92 Å². The Hall–Kier alpha value is -0.530. The predicted octanol–water partition coefficient (Wildman–Crippen LogP) is 1.95. The second-order valence-electron chi connectivity index (χ2n) is 3.37. The second-order valence-corrected chi connectivity index (χ2v) is 3.37. The fraction of sp³-hybridized carbons (Fsp3) is 0.875. The summed E-state index contributed by atoms with van der Waals surface area (Å²) in [7, 11) is 0. The summed E-state index contributed by atoms with van der Waals surface area (Å²) < 4.78 is 0. The van der Waals surface area contributed by atoms with Crippen molar-refractivity contribution < 1.29 is 4.84 Å². The van der Waals surface area contributed by atoms with E-state index in [0.29, 0.717) is 6.10 Å². The van der Waals surface area contributed by atoms with Crippen LogP contribution in [0.5, 0.6) is 0 Å². The number of rotatable bonds is 1. The zero-order valence-corrected chi connectivity index (χ0v) is 6.34. The molecule has 1 atom stereocenters. The molecule has 0 amide bonds. The third kappa shape index (κ3) is 0.917. The van der Waals surface area contributed by atoms with Gasteiger partial charge in [-0.2, -0.15) is 0 Å². The molecule has 2 heteroatoms. The lowest BCUT2D eigenvalue weighted by Gasteiger charge is -2.28. The topological polar surface area (TPSA) is 21.6 Å². The third-order valence-electron chi connectivity index (χ3n) is 2.52. The van der Waals surface area contributed by atoms with Gasteiger partial charge in [0, 0.05) is 6.42 Å². The van der Waals surface area contributed by atoms with Crippen molar-refractivity contribution in [3.8, 4) is 0 Å². The molecule has 56 valence electrons. The van der Waals surface area contributed by atoms with Crippen LogP contribution in [0.15, 0.2) is 5.16 Å². The first-order chi connectivity index (χ1) is 4.86. The van der Waals surface area contributed by atoms with E-state index in [1.807, 2.05) is 6.92 Å². The van der Waals surface area contributed by atoms with E-state index in [9.17, 15) is 0 Å². The van der Waals surface area contributed by atoms with Crippen LogP contribution in [0.4, 0.5) is 0 Å². The summed E-state index contributed by atoms with van der Waals surface area (Å²) in [6.45, 7) is 2.04. The van der Waals surface area contributed by atoms with E-state index < -0.39 is 0 Å². The van der Waals surface area contributed by atoms with Crippen LogP contribution in [-0.4, -0.2) is 11.8 Å². The van der Waals surface area contributed by atoms with E-state index in [1.54, 1.807) is 0 Å². The van der Waals surface area contributed by atoms with Crippen LogP contribution < -0.4 is 0 Å². The Kier molecular flexibility index (Phi) is 1.40. The highest BCUT2D eigenvalue weighted by molar-refractivity contribution is 5.82. The number of hydrogen-bond acceptors (Lipinski definition) is 2. The van der Waals surface area contributed by atoms with Gasteiger partial charge in [-0.05, 0) is 25.7 Å². The molecule has 0 aromatic rings. The van der Waals surface area contributed by atoms with Gasteiger partial charge in [-0.25, -0.2) is 0 Å². The number of nitrogens with zero attached hydrogens (tertiary/aromatic N) is 1. The lowest BCUT2D eigenvalue weighted by atomic mass is 9.80. The van der Waals surface area contributed by atoms with Crippen LogP contribution in [0.2, 0.25) is 0 Å². The maximum Gasteiger partial charge on any atom is 0.135 e. The molecule has 2 nitrogen and oxygen atoms in total. The monoisotopic (exact) mass is 139 g/mol. The molecule has 10 heavy (non-hydrogen) atoms. The second kappa shape index (κ2) is 2.26. The molecule has 0 spiro atoms. The van der Waals surface area contributed by atoms with E-state index in [2.05, 4.69) is 5.16 Å². The average molecular weight is 139 g/mol. The van der Waals surface area contributed by atoms with Crippen LogP contribution in [0.25, 0.3) is 0 Å². The molecule has 0 N–H and O–H groups in total. The Balaban J connectivity index is 1.86. The molecule has 1 heterocycles.